The van der Waals surface area contributed by atoms with Gasteiger partial charge in [-0.3, -0.25) is 4.79 Å². The van der Waals surface area contributed by atoms with Crippen LogP contribution in [0.5, 0.6) is 0 Å². The molecule has 4 nitrogen and oxygen atoms in total. The van der Waals surface area contributed by atoms with Crippen LogP contribution in [-0.2, 0) is 32.1 Å². The van der Waals surface area contributed by atoms with Gasteiger partial charge in [-0.25, -0.2) is 0 Å². The van der Waals surface area contributed by atoms with Crippen molar-refractivity contribution in [1.29, 1.82) is 0 Å². The number of pyridine rings is 1. The second-order valence-electron chi connectivity index (χ2n) is 8.91. The molecule has 1 aliphatic rings. The lowest BCUT2D eigenvalue weighted by Crippen LogP contribution is -2.29. The number of aromatic nitrogens is 1. The molecule has 1 N–H and O–H groups in total. The van der Waals surface area contributed by atoms with Gasteiger partial charge in [0.25, 0.3) is 5.56 Å². The Hall–Kier alpha value is -3.32. The van der Waals surface area contributed by atoms with Gasteiger partial charge in [-0.15, -0.1) is 0 Å². The molecule has 34 heavy (non-hydrogen) atoms. The van der Waals surface area contributed by atoms with Gasteiger partial charge >= 0.3 is 6.18 Å². The standard InChI is InChI=1S/C27H25F3N2O2/c1-17(25-9-4-10-34-25)31-15-22-13-21-12-19-6-3-7-20(19)14-24(21)32(26(22)33)16-18-5-2-8-23(11-18)27(28,29)30/h2,4-5,8-14,17,31H,3,6-7,15-16H2,1H3. The average Bonchev–Trinajstić information content (AvgIpc) is 3.50. The summed E-state index contributed by atoms with van der Waals surface area (Å²) in [5.74, 6) is 0.767. The minimum Gasteiger partial charge on any atom is -0.468 e. The molecule has 0 saturated carbocycles. The molecule has 2 aromatic carbocycles. The van der Waals surface area contributed by atoms with Crippen molar-refractivity contribution in [1.82, 2.24) is 9.88 Å². The van der Waals surface area contributed by atoms with Gasteiger partial charge in [0.05, 0.1) is 29.9 Å². The highest BCUT2D eigenvalue weighted by Gasteiger charge is 2.30. The summed E-state index contributed by atoms with van der Waals surface area (Å²) in [4.78, 5) is 13.5. The zero-order chi connectivity index (χ0) is 23.9. The van der Waals surface area contributed by atoms with E-state index in [0.717, 1.165) is 48.1 Å². The van der Waals surface area contributed by atoms with E-state index in [0.29, 0.717) is 17.7 Å². The van der Waals surface area contributed by atoms with Crippen LogP contribution in [0, 0.1) is 0 Å². The number of aryl methyl sites for hydroxylation is 2. The Kier molecular flexibility index (Phi) is 5.81. The molecule has 5 rings (SSSR count). The number of hydrogen-bond donors (Lipinski definition) is 1. The summed E-state index contributed by atoms with van der Waals surface area (Å²) in [7, 11) is 0. The topological polar surface area (TPSA) is 47.2 Å². The van der Waals surface area contributed by atoms with Crippen LogP contribution in [-0.4, -0.2) is 4.57 Å². The fourth-order valence-electron chi connectivity index (χ4n) is 4.73. The molecule has 4 aromatic rings. The second-order valence-corrected chi connectivity index (χ2v) is 8.91. The lowest BCUT2D eigenvalue weighted by molar-refractivity contribution is -0.137. The maximum atomic E-state index is 13.5. The van der Waals surface area contributed by atoms with Gasteiger partial charge in [0, 0.05) is 12.1 Å². The van der Waals surface area contributed by atoms with Crippen molar-refractivity contribution < 1.29 is 17.6 Å². The van der Waals surface area contributed by atoms with Crippen LogP contribution in [0.2, 0.25) is 0 Å². The predicted molar refractivity (Wildman–Crippen MR) is 125 cm³/mol. The lowest BCUT2D eigenvalue weighted by Gasteiger charge is -2.17. The van der Waals surface area contributed by atoms with Gasteiger partial charge in [-0.05, 0) is 90.7 Å². The Morgan fingerprint density at radius 1 is 1.06 bits per heavy atom. The molecular weight excluding hydrogens is 441 g/mol. The number of fused-ring (bicyclic) bond motifs is 2. The predicted octanol–water partition coefficient (Wildman–Crippen LogP) is 6.00. The van der Waals surface area contributed by atoms with Crippen LogP contribution in [0.25, 0.3) is 10.9 Å². The van der Waals surface area contributed by atoms with Crippen LogP contribution < -0.4 is 10.9 Å². The average molecular weight is 467 g/mol. The lowest BCUT2D eigenvalue weighted by atomic mass is 10.0. The Morgan fingerprint density at radius 2 is 1.85 bits per heavy atom. The third-order valence-electron chi connectivity index (χ3n) is 6.55. The summed E-state index contributed by atoms with van der Waals surface area (Å²) in [5.41, 5.74) is 3.33. The summed E-state index contributed by atoms with van der Waals surface area (Å²) in [6.45, 7) is 2.34. The molecule has 0 aliphatic heterocycles. The number of nitrogens with one attached hydrogen (secondary N) is 1. The van der Waals surface area contributed by atoms with Crippen LogP contribution >= 0.6 is 0 Å². The van der Waals surface area contributed by atoms with Crippen LogP contribution in [0.1, 0.15) is 53.0 Å². The quantitative estimate of drug-likeness (QED) is 0.379. The Morgan fingerprint density at radius 3 is 2.59 bits per heavy atom. The van der Waals surface area contributed by atoms with E-state index in [-0.39, 0.29) is 18.1 Å². The van der Waals surface area contributed by atoms with E-state index in [4.69, 9.17) is 4.42 Å². The van der Waals surface area contributed by atoms with Gasteiger partial charge < -0.3 is 14.3 Å². The Balaban J connectivity index is 1.56. The maximum absolute atomic E-state index is 13.5. The smallest absolute Gasteiger partial charge is 0.416 e. The third kappa shape index (κ3) is 4.40. The molecule has 1 atom stereocenters. The first-order chi connectivity index (χ1) is 16.3. The number of alkyl halides is 3. The number of halogens is 3. The van der Waals surface area contributed by atoms with Gasteiger partial charge in [-0.2, -0.15) is 13.2 Å². The highest BCUT2D eigenvalue weighted by atomic mass is 19.4. The molecule has 2 heterocycles. The van der Waals surface area contributed by atoms with E-state index in [2.05, 4.69) is 11.4 Å². The Labute approximate surface area is 195 Å². The van der Waals surface area contributed by atoms with Crippen molar-refractivity contribution in [2.24, 2.45) is 0 Å². The molecule has 0 bridgehead atoms. The summed E-state index contributed by atoms with van der Waals surface area (Å²) >= 11 is 0. The van der Waals surface area contributed by atoms with Crippen molar-refractivity contribution >= 4 is 10.9 Å². The van der Waals surface area contributed by atoms with Crippen LogP contribution in [0.15, 0.2) is 70.1 Å². The second kappa shape index (κ2) is 8.80. The summed E-state index contributed by atoms with van der Waals surface area (Å²) in [6.07, 6.45) is 0.191. The molecule has 176 valence electrons. The van der Waals surface area contributed by atoms with Crippen molar-refractivity contribution in [2.75, 3.05) is 0 Å². The molecular formula is C27H25F3N2O2. The van der Waals surface area contributed by atoms with Crippen molar-refractivity contribution in [2.45, 2.75) is 51.5 Å². The van der Waals surface area contributed by atoms with E-state index in [9.17, 15) is 18.0 Å². The first kappa shape index (κ1) is 22.5. The van der Waals surface area contributed by atoms with E-state index < -0.39 is 11.7 Å². The van der Waals surface area contributed by atoms with Gasteiger partial charge in [0.15, 0.2) is 0 Å². The van der Waals surface area contributed by atoms with Gasteiger partial charge in [0.1, 0.15) is 5.76 Å². The minimum atomic E-state index is -4.43. The number of nitrogens with zero attached hydrogens (tertiary/aromatic N) is 1. The number of rotatable bonds is 6. The zero-order valence-corrected chi connectivity index (χ0v) is 18.8. The fourth-order valence-corrected chi connectivity index (χ4v) is 4.73. The molecule has 0 spiro atoms. The van der Waals surface area contributed by atoms with Crippen molar-refractivity contribution in [3.8, 4) is 0 Å². The highest BCUT2D eigenvalue weighted by molar-refractivity contribution is 5.82. The van der Waals surface area contributed by atoms with Crippen molar-refractivity contribution in [3.63, 3.8) is 0 Å². The van der Waals surface area contributed by atoms with Gasteiger partial charge in [-0.1, -0.05) is 12.1 Å². The summed E-state index contributed by atoms with van der Waals surface area (Å²) in [6, 6.07) is 14.8. The number of benzene rings is 2. The SMILES string of the molecule is CC(NCc1cc2cc3c(cc2n(Cc2cccc(C(F)(F)F)c2)c1=O)CCC3)c1ccco1. The van der Waals surface area contributed by atoms with Crippen molar-refractivity contribution in [3.05, 3.63) is 105 Å². The minimum absolute atomic E-state index is 0.0691. The van der Waals surface area contributed by atoms with E-state index in [1.165, 1.54) is 17.2 Å². The summed E-state index contributed by atoms with van der Waals surface area (Å²) < 4.78 is 46.8. The molecule has 0 saturated heterocycles. The Bertz CT molecular complexity index is 1390. The number of furan rings is 1. The summed E-state index contributed by atoms with van der Waals surface area (Å²) in [5, 5.41) is 4.25. The molecule has 0 amide bonds. The zero-order valence-electron chi connectivity index (χ0n) is 18.8. The van der Waals surface area contributed by atoms with Crippen LogP contribution in [0.4, 0.5) is 13.2 Å². The normalized spacial score (nSPS) is 14.5. The van der Waals surface area contributed by atoms with E-state index in [1.54, 1.807) is 16.9 Å². The molecule has 0 fully saturated rings. The molecule has 1 aliphatic carbocycles. The monoisotopic (exact) mass is 466 g/mol. The molecule has 7 heteroatoms. The van der Waals surface area contributed by atoms with E-state index >= 15 is 0 Å². The third-order valence-corrected chi connectivity index (χ3v) is 6.55. The first-order valence-corrected chi connectivity index (χ1v) is 11.4. The fraction of sp³-hybridized carbons (Fsp3) is 0.296. The largest absolute Gasteiger partial charge is 0.468 e. The number of hydrogen-bond acceptors (Lipinski definition) is 3. The van der Waals surface area contributed by atoms with Gasteiger partial charge in [0.2, 0.25) is 0 Å². The first-order valence-electron chi connectivity index (χ1n) is 11.4. The molecule has 1 unspecified atom stereocenters. The highest BCUT2D eigenvalue weighted by Crippen LogP contribution is 2.31. The molecule has 2 aromatic heterocycles. The van der Waals surface area contributed by atoms with E-state index in [1.807, 2.05) is 31.2 Å². The maximum Gasteiger partial charge on any atom is 0.416 e. The molecule has 0 radical (unpaired) electrons. The van der Waals surface area contributed by atoms with Crippen LogP contribution in [0.3, 0.4) is 0 Å².